The average Bonchev–Trinajstić information content (AvgIpc) is 2.69. The highest BCUT2D eigenvalue weighted by molar-refractivity contribution is 5.39. The largest absolute Gasteiger partial charge is 0.573 e. The van der Waals surface area contributed by atoms with E-state index < -0.39 is 17.9 Å². The lowest BCUT2D eigenvalue weighted by atomic mass is 9.69. The lowest BCUT2D eigenvalue weighted by Gasteiger charge is -2.36. The Balaban J connectivity index is 1.49. The smallest absolute Gasteiger partial charge is 0.403 e. The van der Waals surface area contributed by atoms with Gasteiger partial charge in [0.2, 0.25) is 0 Å². The van der Waals surface area contributed by atoms with Crippen LogP contribution in [0.25, 0.3) is 0 Å². The topological polar surface area (TPSA) is 9.23 Å². The lowest BCUT2D eigenvalue weighted by Crippen LogP contribution is -2.27. The van der Waals surface area contributed by atoms with Gasteiger partial charge in [-0.3, -0.25) is 0 Å². The van der Waals surface area contributed by atoms with Crippen LogP contribution in [0, 0.1) is 23.6 Å². The maximum absolute atomic E-state index is 14.5. The molecule has 29 heavy (non-hydrogen) atoms. The van der Waals surface area contributed by atoms with E-state index in [0.29, 0.717) is 23.8 Å². The zero-order chi connectivity index (χ0) is 20.9. The number of hydrogen-bond donors (Lipinski definition) is 0. The van der Waals surface area contributed by atoms with Crippen LogP contribution in [0.5, 0.6) is 5.75 Å². The fourth-order valence-electron chi connectivity index (χ4n) is 5.41. The van der Waals surface area contributed by atoms with E-state index in [0.717, 1.165) is 30.4 Å². The Morgan fingerprint density at radius 1 is 0.931 bits per heavy atom. The van der Waals surface area contributed by atoms with Crippen molar-refractivity contribution in [1.29, 1.82) is 0 Å². The van der Waals surface area contributed by atoms with Crippen LogP contribution in [-0.4, -0.2) is 6.36 Å². The van der Waals surface area contributed by atoms with E-state index in [4.69, 9.17) is 0 Å². The van der Waals surface area contributed by atoms with E-state index in [1.807, 2.05) is 0 Å². The third kappa shape index (κ3) is 6.36. The molecule has 1 saturated carbocycles. The zero-order valence-corrected chi connectivity index (χ0v) is 17.5. The van der Waals surface area contributed by atoms with Gasteiger partial charge in [-0.25, -0.2) is 4.39 Å². The second kappa shape index (κ2) is 10.2. The van der Waals surface area contributed by atoms with Gasteiger partial charge < -0.3 is 4.74 Å². The predicted octanol–water partition coefficient (Wildman–Crippen LogP) is 8.00. The Bertz CT molecular complexity index is 647. The van der Waals surface area contributed by atoms with Gasteiger partial charge in [0.15, 0.2) is 11.6 Å². The first kappa shape index (κ1) is 22.4. The Kier molecular flexibility index (Phi) is 7.86. The zero-order valence-electron chi connectivity index (χ0n) is 17.5. The number of alkyl halides is 3. The number of fused-ring (bicyclic) bond motifs is 1. The Morgan fingerprint density at radius 2 is 1.66 bits per heavy atom. The molecule has 0 aromatic heterocycles. The summed E-state index contributed by atoms with van der Waals surface area (Å²) < 4.78 is 55.6. The molecule has 0 radical (unpaired) electrons. The number of rotatable bonds is 8. The molecule has 1 aromatic carbocycles. The molecule has 1 aromatic rings. The molecule has 1 atom stereocenters. The van der Waals surface area contributed by atoms with Crippen LogP contribution in [-0.2, 0) is 12.8 Å². The molecule has 0 bridgehead atoms. The summed E-state index contributed by atoms with van der Waals surface area (Å²) in [5.74, 6) is 0.540. The van der Waals surface area contributed by atoms with E-state index >= 15 is 0 Å². The first-order valence-corrected chi connectivity index (χ1v) is 11.4. The van der Waals surface area contributed by atoms with Crippen molar-refractivity contribution in [3.05, 3.63) is 29.1 Å². The van der Waals surface area contributed by atoms with Crippen molar-refractivity contribution in [3.8, 4) is 5.75 Å². The summed E-state index contributed by atoms with van der Waals surface area (Å²) in [5.41, 5.74) is 1.29. The second-order valence-corrected chi connectivity index (χ2v) is 9.05. The summed E-state index contributed by atoms with van der Waals surface area (Å²) in [4.78, 5) is 0. The van der Waals surface area contributed by atoms with Gasteiger partial charge in [0.05, 0.1) is 0 Å². The van der Waals surface area contributed by atoms with Gasteiger partial charge in [-0.15, -0.1) is 13.2 Å². The summed E-state index contributed by atoms with van der Waals surface area (Å²) >= 11 is 0. The fourth-order valence-corrected chi connectivity index (χ4v) is 5.41. The maximum atomic E-state index is 14.5. The number of hydrogen-bond acceptors (Lipinski definition) is 1. The lowest BCUT2D eigenvalue weighted by molar-refractivity contribution is -0.275. The van der Waals surface area contributed by atoms with Crippen molar-refractivity contribution < 1.29 is 22.3 Å². The molecule has 1 fully saturated rings. The van der Waals surface area contributed by atoms with Crippen LogP contribution >= 0.6 is 0 Å². The second-order valence-electron chi connectivity index (χ2n) is 9.05. The van der Waals surface area contributed by atoms with Crippen LogP contribution in [0.15, 0.2) is 12.1 Å². The molecule has 2 aliphatic carbocycles. The highest BCUT2D eigenvalue weighted by Gasteiger charge is 2.35. The van der Waals surface area contributed by atoms with Gasteiger partial charge in [0.1, 0.15) is 0 Å². The Hall–Kier alpha value is -1.26. The minimum atomic E-state index is -4.86. The van der Waals surface area contributed by atoms with Crippen molar-refractivity contribution in [2.75, 3.05) is 0 Å². The van der Waals surface area contributed by atoms with Crippen molar-refractivity contribution in [2.45, 2.75) is 96.8 Å². The van der Waals surface area contributed by atoms with Crippen molar-refractivity contribution in [1.82, 2.24) is 0 Å². The highest BCUT2D eigenvalue weighted by atomic mass is 19.4. The molecule has 5 heteroatoms. The van der Waals surface area contributed by atoms with Gasteiger partial charge in [-0.05, 0) is 67.1 Å². The molecule has 0 N–H and O–H groups in total. The minimum Gasteiger partial charge on any atom is -0.403 e. The van der Waals surface area contributed by atoms with Crippen molar-refractivity contribution in [3.63, 3.8) is 0 Å². The quantitative estimate of drug-likeness (QED) is 0.309. The van der Waals surface area contributed by atoms with Gasteiger partial charge in [-0.2, -0.15) is 0 Å². The molecule has 0 amide bonds. The van der Waals surface area contributed by atoms with Gasteiger partial charge in [-0.1, -0.05) is 64.4 Å². The molecule has 164 valence electrons. The van der Waals surface area contributed by atoms with Crippen molar-refractivity contribution >= 4 is 0 Å². The summed E-state index contributed by atoms with van der Waals surface area (Å²) in [6, 6.07) is 2.77. The van der Waals surface area contributed by atoms with E-state index in [9.17, 15) is 17.6 Å². The summed E-state index contributed by atoms with van der Waals surface area (Å²) in [6.07, 6.45) is 10.5. The molecule has 1 unspecified atom stereocenters. The van der Waals surface area contributed by atoms with E-state index in [1.54, 1.807) is 6.07 Å². The first-order chi connectivity index (χ1) is 13.9. The van der Waals surface area contributed by atoms with E-state index in [2.05, 4.69) is 11.7 Å². The molecular weight excluding hydrogens is 380 g/mol. The summed E-state index contributed by atoms with van der Waals surface area (Å²) in [6.45, 7) is 2.24. The molecule has 0 heterocycles. The molecule has 1 nitrogen and oxygen atoms in total. The Labute approximate surface area is 172 Å². The Morgan fingerprint density at radius 3 is 2.34 bits per heavy atom. The predicted molar refractivity (Wildman–Crippen MR) is 107 cm³/mol. The minimum absolute atomic E-state index is 0.420. The SMILES string of the molecule is CCCCCCCC1CCC(C2CCc3c(ccc(OC(F)(F)F)c3F)C2)CC1. The molecule has 0 aliphatic heterocycles. The summed E-state index contributed by atoms with van der Waals surface area (Å²) in [5, 5.41) is 0. The summed E-state index contributed by atoms with van der Waals surface area (Å²) in [7, 11) is 0. The van der Waals surface area contributed by atoms with E-state index in [1.165, 1.54) is 64.2 Å². The number of unbranched alkanes of at least 4 members (excludes halogenated alkanes) is 4. The normalized spacial score (nSPS) is 24.9. The monoisotopic (exact) mass is 414 g/mol. The number of benzene rings is 1. The fraction of sp³-hybridized carbons (Fsp3) is 0.750. The van der Waals surface area contributed by atoms with Crippen LogP contribution in [0.4, 0.5) is 17.6 Å². The highest BCUT2D eigenvalue weighted by Crippen LogP contribution is 2.42. The third-order valence-corrected chi connectivity index (χ3v) is 7.05. The number of ether oxygens (including phenoxy) is 1. The molecule has 0 spiro atoms. The molecule has 0 saturated heterocycles. The van der Waals surface area contributed by atoms with Crippen LogP contribution in [0.1, 0.15) is 88.7 Å². The van der Waals surface area contributed by atoms with Crippen molar-refractivity contribution in [2.24, 2.45) is 17.8 Å². The first-order valence-electron chi connectivity index (χ1n) is 11.4. The van der Waals surface area contributed by atoms with Crippen LogP contribution in [0.3, 0.4) is 0 Å². The maximum Gasteiger partial charge on any atom is 0.573 e. The van der Waals surface area contributed by atoms with Gasteiger partial charge in [0, 0.05) is 0 Å². The van der Waals surface area contributed by atoms with Gasteiger partial charge in [0.25, 0.3) is 0 Å². The van der Waals surface area contributed by atoms with Crippen LogP contribution in [0.2, 0.25) is 0 Å². The molecular formula is C24H34F4O. The third-order valence-electron chi connectivity index (χ3n) is 7.05. The van der Waals surface area contributed by atoms with Crippen LogP contribution < -0.4 is 4.74 Å². The standard InChI is InChI=1S/C24H34F4O/c1-2-3-4-5-6-7-17-8-10-18(11-9-17)19-12-14-21-20(16-19)13-15-22(23(21)25)29-24(26,27)28/h13,15,17-19H,2-12,14,16H2,1H3. The molecule has 2 aliphatic rings. The average molecular weight is 415 g/mol. The van der Waals surface area contributed by atoms with E-state index in [-0.39, 0.29) is 0 Å². The molecule has 3 rings (SSSR count). The number of halogens is 4. The van der Waals surface area contributed by atoms with Gasteiger partial charge >= 0.3 is 6.36 Å².